The molecule has 1 saturated heterocycles. The molecule has 0 aromatic carbocycles. The summed E-state index contributed by atoms with van der Waals surface area (Å²) in [5.41, 5.74) is 3.97. The highest BCUT2D eigenvalue weighted by Crippen LogP contribution is 2.40. The summed E-state index contributed by atoms with van der Waals surface area (Å²) in [4.78, 5) is 0. The van der Waals surface area contributed by atoms with Crippen LogP contribution in [0.15, 0.2) is 6.20 Å². The minimum Gasteiger partial charge on any atom is -0.271 e. The van der Waals surface area contributed by atoms with Gasteiger partial charge in [-0.1, -0.05) is 18.5 Å². The summed E-state index contributed by atoms with van der Waals surface area (Å²) >= 11 is 10.3. The molecule has 1 aromatic rings. The molecular weight excluding hydrogens is 300 g/mol. The van der Waals surface area contributed by atoms with Crippen LogP contribution >= 0.6 is 35.1 Å². The van der Waals surface area contributed by atoms with Crippen molar-refractivity contribution in [3.63, 3.8) is 0 Å². The number of hydrogen-bond acceptors (Lipinski definition) is 5. The third-order valence-electron chi connectivity index (χ3n) is 3.32. The van der Waals surface area contributed by atoms with Gasteiger partial charge in [-0.05, 0) is 13.8 Å². The Morgan fingerprint density at radius 2 is 2.16 bits per heavy atom. The van der Waals surface area contributed by atoms with Crippen LogP contribution in [-0.4, -0.2) is 31.8 Å². The Balaban J connectivity index is 2.33. The second kappa shape index (κ2) is 6.72. The maximum Gasteiger partial charge on any atom is 0.0835 e. The van der Waals surface area contributed by atoms with Crippen LogP contribution in [0, 0.1) is 0 Å². The van der Waals surface area contributed by atoms with E-state index in [2.05, 4.69) is 31.3 Å². The number of nitrogens with one attached hydrogen (secondary N) is 1. The van der Waals surface area contributed by atoms with E-state index >= 15 is 0 Å². The van der Waals surface area contributed by atoms with Crippen LogP contribution in [0.5, 0.6) is 0 Å². The molecule has 0 saturated carbocycles. The van der Waals surface area contributed by atoms with Crippen LogP contribution in [-0.2, 0) is 0 Å². The Hall–Kier alpha value is 0.120. The van der Waals surface area contributed by atoms with Crippen molar-refractivity contribution in [3.8, 4) is 0 Å². The molecule has 3 N–H and O–H groups in total. The molecule has 0 bridgehead atoms. The standard InChI is InChI=1S/C12H21ClN4S2/c1-7(2)17-11(9(13)6-15-17)10(16-14)12-8(3)18-4-5-19-12/h6-8,10,12,16H,4-5,14H2,1-3H3. The van der Waals surface area contributed by atoms with Gasteiger partial charge in [0.2, 0.25) is 0 Å². The van der Waals surface area contributed by atoms with Crippen LogP contribution in [0.1, 0.15) is 38.5 Å². The van der Waals surface area contributed by atoms with Gasteiger partial charge in [0.25, 0.3) is 0 Å². The van der Waals surface area contributed by atoms with Gasteiger partial charge in [0.05, 0.1) is 23.0 Å². The van der Waals surface area contributed by atoms with Crippen molar-refractivity contribution in [3.05, 3.63) is 16.9 Å². The van der Waals surface area contributed by atoms with Gasteiger partial charge in [-0.2, -0.15) is 28.6 Å². The van der Waals surface area contributed by atoms with Crippen LogP contribution in [0.2, 0.25) is 5.02 Å². The van der Waals surface area contributed by atoms with E-state index in [1.807, 2.05) is 28.2 Å². The summed E-state index contributed by atoms with van der Waals surface area (Å²) in [6, 6.07) is 0.306. The zero-order valence-electron chi connectivity index (χ0n) is 11.5. The molecule has 0 amide bonds. The average molecular weight is 321 g/mol. The number of nitrogens with two attached hydrogens (primary N) is 1. The summed E-state index contributed by atoms with van der Waals surface area (Å²) in [6.45, 7) is 6.47. The minimum absolute atomic E-state index is 0.0326. The lowest BCUT2D eigenvalue weighted by Gasteiger charge is -2.34. The van der Waals surface area contributed by atoms with Crippen molar-refractivity contribution >= 4 is 35.1 Å². The molecule has 1 aliphatic rings. The highest BCUT2D eigenvalue weighted by molar-refractivity contribution is 8.07. The number of hydrogen-bond donors (Lipinski definition) is 2. The highest BCUT2D eigenvalue weighted by atomic mass is 35.5. The molecule has 19 heavy (non-hydrogen) atoms. The van der Waals surface area contributed by atoms with Gasteiger partial charge in [0.1, 0.15) is 0 Å². The Morgan fingerprint density at radius 1 is 1.47 bits per heavy atom. The number of halogens is 1. The number of hydrazine groups is 1. The molecule has 4 nitrogen and oxygen atoms in total. The maximum atomic E-state index is 6.33. The van der Waals surface area contributed by atoms with Crippen LogP contribution in [0.4, 0.5) is 0 Å². The Labute approximate surface area is 128 Å². The van der Waals surface area contributed by atoms with Crippen LogP contribution in [0.3, 0.4) is 0 Å². The summed E-state index contributed by atoms with van der Waals surface area (Å²) in [6.07, 6.45) is 1.71. The normalized spacial score (nSPS) is 25.8. The van der Waals surface area contributed by atoms with Crippen molar-refractivity contribution in [2.45, 2.75) is 43.4 Å². The van der Waals surface area contributed by atoms with Gasteiger partial charge in [0.15, 0.2) is 0 Å². The van der Waals surface area contributed by atoms with Crippen molar-refractivity contribution in [2.75, 3.05) is 11.5 Å². The highest BCUT2D eigenvalue weighted by Gasteiger charge is 2.34. The predicted octanol–water partition coefficient (Wildman–Crippen LogP) is 2.86. The third-order valence-corrected chi connectivity index (χ3v) is 6.80. The van der Waals surface area contributed by atoms with Gasteiger partial charge in [-0.25, -0.2) is 0 Å². The summed E-state index contributed by atoms with van der Waals surface area (Å²) < 4.78 is 1.97. The fraction of sp³-hybridized carbons (Fsp3) is 0.750. The van der Waals surface area contributed by atoms with E-state index in [9.17, 15) is 0 Å². The zero-order chi connectivity index (χ0) is 14.0. The van der Waals surface area contributed by atoms with Gasteiger partial charge < -0.3 is 0 Å². The lowest BCUT2D eigenvalue weighted by Crippen LogP contribution is -2.42. The molecule has 1 aliphatic heterocycles. The van der Waals surface area contributed by atoms with E-state index < -0.39 is 0 Å². The molecule has 7 heteroatoms. The van der Waals surface area contributed by atoms with E-state index in [-0.39, 0.29) is 12.1 Å². The van der Waals surface area contributed by atoms with Gasteiger partial charge >= 0.3 is 0 Å². The Bertz CT molecular complexity index is 424. The second-order valence-electron chi connectivity index (χ2n) is 4.97. The first-order valence-corrected chi connectivity index (χ1v) is 8.96. The van der Waals surface area contributed by atoms with Crippen LogP contribution in [0.25, 0.3) is 0 Å². The van der Waals surface area contributed by atoms with Gasteiger partial charge in [-0.3, -0.25) is 16.0 Å². The molecule has 0 radical (unpaired) electrons. The summed E-state index contributed by atoms with van der Waals surface area (Å²) in [7, 11) is 0. The molecule has 2 heterocycles. The molecule has 0 spiro atoms. The fourth-order valence-corrected chi connectivity index (χ4v) is 5.55. The number of nitrogens with zero attached hydrogens (tertiary/aromatic N) is 2. The van der Waals surface area contributed by atoms with Crippen molar-refractivity contribution in [1.29, 1.82) is 0 Å². The summed E-state index contributed by atoms with van der Waals surface area (Å²) in [5.74, 6) is 8.19. The van der Waals surface area contributed by atoms with E-state index in [4.69, 9.17) is 17.4 Å². The predicted molar refractivity (Wildman–Crippen MR) is 85.9 cm³/mol. The third kappa shape index (κ3) is 3.24. The van der Waals surface area contributed by atoms with Gasteiger partial charge in [-0.15, -0.1) is 0 Å². The first-order valence-electron chi connectivity index (χ1n) is 6.48. The zero-order valence-corrected chi connectivity index (χ0v) is 13.9. The maximum absolute atomic E-state index is 6.33. The smallest absolute Gasteiger partial charge is 0.0835 e. The van der Waals surface area contributed by atoms with Crippen molar-refractivity contribution in [2.24, 2.45) is 5.84 Å². The molecule has 3 unspecified atom stereocenters. The van der Waals surface area contributed by atoms with Crippen LogP contribution < -0.4 is 11.3 Å². The quantitative estimate of drug-likeness (QED) is 0.660. The van der Waals surface area contributed by atoms with Crippen molar-refractivity contribution in [1.82, 2.24) is 15.2 Å². The largest absolute Gasteiger partial charge is 0.271 e. The molecule has 3 atom stereocenters. The average Bonchev–Trinajstić information content (AvgIpc) is 2.75. The first kappa shape index (κ1) is 15.5. The molecule has 108 valence electrons. The van der Waals surface area contributed by atoms with Gasteiger partial charge in [0, 0.05) is 28.0 Å². The lowest BCUT2D eigenvalue weighted by molar-refractivity contribution is 0.439. The number of aromatic nitrogens is 2. The summed E-state index contributed by atoms with van der Waals surface area (Å²) in [5, 5.41) is 6.03. The fourth-order valence-electron chi connectivity index (χ4n) is 2.40. The van der Waals surface area contributed by atoms with E-state index in [1.54, 1.807) is 6.20 Å². The lowest BCUT2D eigenvalue weighted by atomic mass is 10.1. The van der Waals surface area contributed by atoms with E-state index in [1.165, 1.54) is 5.75 Å². The minimum atomic E-state index is 0.0326. The Kier molecular flexibility index (Phi) is 5.48. The molecular formula is C12H21ClN4S2. The molecule has 0 aliphatic carbocycles. The van der Waals surface area contributed by atoms with Crippen molar-refractivity contribution < 1.29 is 0 Å². The Morgan fingerprint density at radius 3 is 2.74 bits per heavy atom. The molecule has 2 rings (SSSR count). The number of rotatable bonds is 4. The SMILES string of the molecule is CC1SCCSC1C(NN)c1c(Cl)cnn1C(C)C. The number of thioether (sulfide) groups is 2. The van der Waals surface area contributed by atoms with E-state index in [0.29, 0.717) is 15.5 Å². The second-order valence-corrected chi connectivity index (χ2v) is 8.15. The molecule has 1 fully saturated rings. The molecule has 1 aromatic heterocycles. The first-order chi connectivity index (χ1) is 9.06. The van der Waals surface area contributed by atoms with E-state index in [0.717, 1.165) is 11.4 Å². The topological polar surface area (TPSA) is 55.9 Å². The monoisotopic (exact) mass is 320 g/mol.